The standard InChI is InChI=1S/C18H30O4/c1-6-7-8-9-10-11-12-13-16(21-17(19)14(2)3)22-18(20)15(4)5/h16H,2,4,6-13H2,1,3,5H3. The van der Waals surface area contributed by atoms with Gasteiger partial charge < -0.3 is 9.47 Å². The quantitative estimate of drug-likeness (QED) is 0.227. The van der Waals surface area contributed by atoms with Crippen LogP contribution in [0.1, 0.15) is 72.1 Å². The van der Waals surface area contributed by atoms with Crippen LogP contribution in [-0.2, 0) is 19.1 Å². The fourth-order valence-electron chi connectivity index (χ4n) is 1.85. The number of carbonyl (C=O) groups excluding carboxylic acids is 2. The lowest BCUT2D eigenvalue weighted by molar-refractivity contribution is -0.183. The minimum absolute atomic E-state index is 0.288. The van der Waals surface area contributed by atoms with Crippen molar-refractivity contribution in [3.05, 3.63) is 24.3 Å². The number of unbranched alkanes of at least 4 members (excludes halogenated alkanes) is 6. The number of ether oxygens (including phenoxy) is 2. The lowest BCUT2D eigenvalue weighted by Gasteiger charge is -2.18. The summed E-state index contributed by atoms with van der Waals surface area (Å²) in [4.78, 5) is 23.2. The first kappa shape index (κ1) is 20.4. The fraction of sp³-hybridized carbons (Fsp3) is 0.667. The molecule has 0 aliphatic heterocycles. The molecular formula is C18H30O4. The van der Waals surface area contributed by atoms with Crippen molar-refractivity contribution in [3.63, 3.8) is 0 Å². The van der Waals surface area contributed by atoms with E-state index in [9.17, 15) is 9.59 Å². The molecule has 0 aromatic heterocycles. The first-order valence-corrected chi connectivity index (χ1v) is 8.11. The van der Waals surface area contributed by atoms with Gasteiger partial charge in [-0.3, -0.25) is 0 Å². The predicted octanol–water partition coefficient (Wildman–Crippen LogP) is 4.69. The zero-order chi connectivity index (χ0) is 17.0. The molecule has 0 saturated carbocycles. The van der Waals surface area contributed by atoms with E-state index >= 15 is 0 Å². The second kappa shape index (κ2) is 12.0. The van der Waals surface area contributed by atoms with E-state index < -0.39 is 18.2 Å². The minimum atomic E-state index is -0.857. The van der Waals surface area contributed by atoms with Crippen LogP contribution >= 0.6 is 0 Å². The van der Waals surface area contributed by atoms with Gasteiger partial charge >= 0.3 is 11.9 Å². The molecule has 0 spiro atoms. The van der Waals surface area contributed by atoms with Crippen LogP contribution in [0, 0.1) is 0 Å². The minimum Gasteiger partial charge on any atom is -0.422 e. The van der Waals surface area contributed by atoms with Gasteiger partial charge in [0.15, 0.2) is 0 Å². The summed E-state index contributed by atoms with van der Waals surface area (Å²) in [6, 6.07) is 0. The van der Waals surface area contributed by atoms with E-state index in [1.54, 1.807) is 13.8 Å². The van der Waals surface area contributed by atoms with Crippen molar-refractivity contribution in [1.82, 2.24) is 0 Å². The molecule has 0 aliphatic rings. The van der Waals surface area contributed by atoms with Crippen molar-refractivity contribution < 1.29 is 19.1 Å². The Balaban J connectivity index is 4.17. The molecule has 0 radical (unpaired) electrons. The lowest BCUT2D eigenvalue weighted by atomic mass is 10.1. The van der Waals surface area contributed by atoms with Crippen molar-refractivity contribution in [1.29, 1.82) is 0 Å². The normalized spacial score (nSPS) is 10.4. The van der Waals surface area contributed by atoms with Gasteiger partial charge in [-0.25, -0.2) is 9.59 Å². The van der Waals surface area contributed by atoms with Gasteiger partial charge in [0.05, 0.1) is 0 Å². The molecule has 0 amide bonds. The number of hydrogen-bond donors (Lipinski definition) is 0. The zero-order valence-corrected chi connectivity index (χ0v) is 14.3. The molecule has 0 unspecified atom stereocenters. The second-order valence-electron chi connectivity index (χ2n) is 5.71. The van der Waals surface area contributed by atoms with Gasteiger partial charge in [0.1, 0.15) is 0 Å². The molecule has 0 aliphatic carbocycles. The maximum Gasteiger partial charge on any atom is 0.336 e. The van der Waals surface area contributed by atoms with Crippen LogP contribution in [-0.4, -0.2) is 18.2 Å². The Morgan fingerprint density at radius 2 is 1.23 bits per heavy atom. The third-order valence-corrected chi connectivity index (χ3v) is 3.22. The van der Waals surface area contributed by atoms with Crippen LogP contribution < -0.4 is 0 Å². The van der Waals surface area contributed by atoms with Gasteiger partial charge in [-0.15, -0.1) is 0 Å². The molecule has 0 rings (SSSR count). The molecule has 0 aromatic rings. The van der Waals surface area contributed by atoms with Crippen LogP contribution in [0.4, 0.5) is 0 Å². The highest BCUT2D eigenvalue weighted by Crippen LogP contribution is 2.14. The number of hydrogen-bond acceptors (Lipinski definition) is 4. The van der Waals surface area contributed by atoms with Crippen molar-refractivity contribution >= 4 is 11.9 Å². The average molecular weight is 310 g/mol. The van der Waals surface area contributed by atoms with Gasteiger partial charge in [0, 0.05) is 17.6 Å². The molecule has 0 N–H and O–H groups in total. The van der Waals surface area contributed by atoms with E-state index in [-0.39, 0.29) is 11.1 Å². The Labute approximate surface area is 134 Å². The van der Waals surface area contributed by atoms with Gasteiger partial charge in [-0.05, 0) is 20.3 Å². The SMILES string of the molecule is C=C(C)C(=O)OC(CCCCCCCCC)OC(=O)C(=C)C. The van der Waals surface area contributed by atoms with Crippen LogP contribution in [0.3, 0.4) is 0 Å². The molecule has 0 saturated heterocycles. The Bertz CT molecular complexity index is 357. The number of carbonyl (C=O) groups is 2. The molecule has 126 valence electrons. The summed E-state index contributed by atoms with van der Waals surface area (Å²) in [7, 11) is 0. The molecular weight excluding hydrogens is 280 g/mol. The van der Waals surface area contributed by atoms with Crippen LogP contribution in [0.25, 0.3) is 0 Å². The average Bonchev–Trinajstić information content (AvgIpc) is 2.45. The molecule has 4 heteroatoms. The fourth-order valence-corrected chi connectivity index (χ4v) is 1.85. The van der Waals surface area contributed by atoms with Crippen LogP contribution in [0.5, 0.6) is 0 Å². The van der Waals surface area contributed by atoms with Crippen molar-refractivity contribution in [2.24, 2.45) is 0 Å². The predicted molar refractivity (Wildman–Crippen MR) is 88.2 cm³/mol. The Hall–Kier alpha value is -1.58. The highest BCUT2D eigenvalue weighted by molar-refractivity contribution is 5.88. The summed E-state index contributed by atoms with van der Waals surface area (Å²) in [5, 5.41) is 0. The van der Waals surface area contributed by atoms with Gasteiger partial charge in [0.25, 0.3) is 0 Å². The van der Waals surface area contributed by atoms with Crippen molar-refractivity contribution in [3.8, 4) is 0 Å². The van der Waals surface area contributed by atoms with Crippen LogP contribution in [0.15, 0.2) is 24.3 Å². The lowest BCUT2D eigenvalue weighted by Crippen LogP contribution is -2.25. The summed E-state index contributed by atoms with van der Waals surface area (Å²) < 4.78 is 10.3. The van der Waals surface area contributed by atoms with E-state index in [0.29, 0.717) is 6.42 Å². The smallest absolute Gasteiger partial charge is 0.336 e. The first-order chi connectivity index (χ1) is 10.4. The van der Waals surface area contributed by atoms with Gasteiger partial charge in [0.2, 0.25) is 6.29 Å². The number of rotatable bonds is 12. The highest BCUT2D eigenvalue weighted by atomic mass is 16.7. The van der Waals surface area contributed by atoms with E-state index in [1.807, 2.05) is 0 Å². The van der Waals surface area contributed by atoms with Crippen molar-refractivity contribution in [2.45, 2.75) is 78.4 Å². The molecule has 0 atom stereocenters. The maximum atomic E-state index is 11.6. The van der Waals surface area contributed by atoms with E-state index in [4.69, 9.17) is 9.47 Å². The maximum absolute atomic E-state index is 11.6. The van der Waals surface area contributed by atoms with Crippen molar-refractivity contribution in [2.75, 3.05) is 0 Å². The third-order valence-electron chi connectivity index (χ3n) is 3.22. The van der Waals surface area contributed by atoms with Gasteiger partial charge in [-0.1, -0.05) is 58.6 Å². The summed E-state index contributed by atoms with van der Waals surface area (Å²) in [5.74, 6) is -1.08. The van der Waals surface area contributed by atoms with Gasteiger partial charge in [-0.2, -0.15) is 0 Å². The summed E-state index contributed by atoms with van der Waals surface area (Å²) >= 11 is 0. The topological polar surface area (TPSA) is 52.6 Å². The van der Waals surface area contributed by atoms with E-state index in [1.165, 1.54) is 25.7 Å². The Kier molecular flexibility index (Phi) is 11.2. The van der Waals surface area contributed by atoms with Crippen LogP contribution in [0.2, 0.25) is 0 Å². The Morgan fingerprint density at radius 1 is 0.818 bits per heavy atom. The zero-order valence-electron chi connectivity index (χ0n) is 14.3. The third kappa shape index (κ3) is 10.2. The molecule has 0 heterocycles. The second-order valence-corrected chi connectivity index (χ2v) is 5.71. The highest BCUT2D eigenvalue weighted by Gasteiger charge is 2.19. The van der Waals surface area contributed by atoms with E-state index in [0.717, 1.165) is 19.3 Å². The Morgan fingerprint density at radius 3 is 1.64 bits per heavy atom. The molecule has 0 aromatic carbocycles. The number of esters is 2. The largest absolute Gasteiger partial charge is 0.422 e. The first-order valence-electron chi connectivity index (χ1n) is 8.11. The van der Waals surface area contributed by atoms with E-state index in [2.05, 4.69) is 20.1 Å². The summed E-state index contributed by atoms with van der Waals surface area (Å²) in [6.45, 7) is 12.4. The summed E-state index contributed by atoms with van der Waals surface area (Å²) in [6.07, 6.45) is 7.67. The monoisotopic (exact) mass is 310 g/mol. The molecule has 0 bridgehead atoms. The molecule has 22 heavy (non-hydrogen) atoms. The summed E-state index contributed by atoms with van der Waals surface area (Å²) in [5.41, 5.74) is 0.576. The molecule has 0 fully saturated rings. The molecule has 4 nitrogen and oxygen atoms in total.